The zero-order chi connectivity index (χ0) is 15.7. The fourth-order valence-corrected chi connectivity index (χ4v) is 2.67. The van der Waals surface area contributed by atoms with E-state index in [0.29, 0.717) is 17.9 Å². The molecule has 0 radical (unpaired) electrons. The predicted molar refractivity (Wildman–Crippen MR) is 67.1 cm³/mol. The van der Waals surface area contributed by atoms with Crippen LogP contribution < -0.4 is 5.32 Å². The Morgan fingerprint density at radius 2 is 2.10 bits per heavy atom. The second-order valence-electron chi connectivity index (χ2n) is 5.98. The van der Waals surface area contributed by atoms with E-state index in [0.717, 1.165) is 12.8 Å². The molecule has 1 atom stereocenters. The molecule has 5 nitrogen and oxygen atoms in total. The lowest BCUT2D eigenvalue weighted by atomic mass is 10.0. The summed E-state index contributed by atoms with van der Waals surface area (Å²) in [5.41, 5.74) is -0.0569. The number of alkyl halides is 3. The first kappa shape index (κ1) is 16.1. The molecule has 2 amide bonds. The number of nitrogens with zero attached hydrogens (tertiary/aromatic N) is 1. The molecule has 21 heavy (non-hydrogen) atoms. The van der Waals surface area contributed by atoms with Crippen LogP contribution in [-0.2, 0) is 9.59 Å². The molecule has 2 N–H and O–H groups in total. The van der Waals surface area contributed by atoms with E-state index in [2.05, 4.69) is 5.32 Å². The van der Waals surface area contributed by atoms with Gasteiger partial charge in [-0.25, -0.2) is 0 Å². The molecule has 1 saturated heterocycles. The van der Waals surface area contributed by atoms with Crippen LogP contribution in [0.5, 0.6) is 0 Å². The first-order valence-corrected chi connectivity index (χ1v) is 6.98. The quantitative estimate of drug-likeness (QED) is 0.758. The minimum Gasteiger partial charge on any atom is -0.396 e. The SMILES string of the molecule is O=C(NCC1(CCO)CC1)C1CC(=O)N(CC(F)(F)F)C1. The topological polar surface area (TPSA) is 69.6 Å². The molecular weight excluding hydrogens is 289 g/mol. The van der Waals surface area contributed by atoms with Gasteiger partial charge in [0, 0.05) is 26.1 Å². The first-order chi connectivity index (χ1) is 9.75. The molecule has 2 fully saturated rings. The lowest BCUT2D eigenvalue weighted by Gasteiger charge is -2.19. The predicted octanol–water partition coefficient (Wildman–Crippen LogP) is 0.676. The van der Waals surface area contributed by atoms with Gasteiger partial charge in [0.1, 0.15) is 6.54 Å². The third-order valence-electron chi connectivity index (χ3n) is 4.19. The number of aliphatic hydroxyl groups excluding tert-OH is 1. The maximum Gasteiger partial charge on any atom is 0.406 e. The number of rotatable bonds is 6. The Balaban J connectivity index is 1.80. The molecule has 0 bridgehead atoms. The van der Waals surface area contributed by atoms with E-state index in [1.54, 1.807) is 0 Å². The number of halogens is 3. The van der Waals surface area contributed by atoms with Gasteiger partial charge in [-0.2, -0.15) is 13.2 Å². The van der Waals surface area contributed by atoms with Gasteiger partial charge in [-0.3, -0.25) is 9.59 Å². The molecule has 1 aliphatic heterocycles. The number of amides is 2. The van der Waals surface area contributed by atoms with Gasteiger partial charge in [0.05, 0.1) is 5.92 Å². The van der Waals surface area contributed by atoms with Gasteiger partial charge in [-0.15, -0.1) is 0 Å². The van der Waals surface area contributed by atoms with Crippen LogP contribution in [0.3, 0.4) is 0 Å². The minimum atomic E-state index is -4.44. The van der Waals surface area contributed by atoms with Crippen molar-refractivity contribution in [3.05, 3.63) is 0 Å². The standard InChI is InChI=1S/C13H19F3N2O3/c14-13(15,16)8-18-6-9(5-10(18)20)11(21)17-7-12(1-2-12)3-4-19/h9,19H,1-8H2,(H,17,21). The summed E-state index contributed by atoms with van der Waals surface area (Å²) in [5.74, 6) is -1.73. The molecule has 0 aromatic heterocycles. The van der Waals surface area contributed by atoms with Gasteiger partial charge in [0.2, 0.25) is 11.8 Å². The number of nitrogens with one attached hydrogen (secondary N) is 1. The number of hydrogen-bond donors (Lipinski definition) is 2. The van der Waals surface area contributed by atoms with E-state index in [1.807, 2.05) is 0 Å². The van der Waals surface area contributed by atoms with E-state index in [4.69, 9.17) is 5.11 Å². The van der Waals surface area contributed by atoms with Gasteiger partial charge in [-0.1, -0.05) is 0 Å². The Hall–Kier alpha value is -1.31. The Morgan fingerprint density at radius 3 is 2.62 bits per heavy atom. The number of aliphatic hydroxyl groups is 1. The third-order valence-corrected chi connectivity index (χ3v) is 4.19. The summed E-state index contributed by atoms with van der Waals surface area (Å²) in [6.45, 7) is -1.02. The van der Waals surface area contributed by atoms with Crippen molar-refractivity contribution in [2.45, 2.75) is 31.9 Å². The van der Waals surface area contributed by atoms with E-state index < -0.39 is 24.5 Å². The average molecular weight is 308 g/mol. The van der Waals surface area contributed by atoms with Crippen molar-refractivity contribution in [2.75, 3.05) is 26.2 Å². The fraction of sp³-hybridized carbons (Fsp3) is 0.846. The number of hydrogen-bond acceptors (Lipinski definition) is 3. The molecule has 0 aromatic carbocycles. The second kappa shape index (κ2) is 5.82. The van der Waals surface area contributed by atoms with E-state index >= 15 is 0 Å². The van der Waals surface area contributed by atoms with Crippen LogP contribution in [0.25, 0.3) is 0 Å². The Labute approximate surface area is 120 Å². The largest absolute Gasteiger partial charge is 0.406 e. The lowest BCUT2D eigenvalue weighted by Crippen LogP contribution is -2.38. The van der Waals surface area contributed by atoms with Crippen molar-refractivity contribution in [3.8, 4) is 0 Å². The van der Waals surface area contributed by atoms with Crippen LogP contribution >= 0.6 is 0 Å². The van der Waals surface area contributed by atoms with Crippen LogP contribution in [-0.4, -0.2) is 54.2 Å². The minimum absolute atomic E-state index is 0.0527. The van der Waals surface area contributed by atoms with Crippen LogP contribution in [0, 0.1) is 11.3 Å². The van der Waals surface area contributed by atoms with Gasteiger partial charge in [-0.05, 0) is 24.7 Å². The van der Waals surface area contributed by atoms with Crippen LogP contribution in [0.15, 0.2) is 0 Å². The molecule has 1 aliphatic carbocycles. The summed E-state index contributed by atoms with van der Waals surface area (Å²) in [7, 11) is 0. The van der Waals surface area contributed by atoms with Crippen molar-refractivity contribution < 1.29 is 27.9 Å². The van der Waals surface area contributed by atoms with E-state index in [9.17, 15) is 22.8 Å². The highest BCUT2D eigenvalue weighted by Crippen LogP contribution is 2.47. The molecule has 1 heterocycles. The second-order valence-corrected chi connectivity index (χ2v) is 5.98. The maximum absolute atomic E-state index is 12.3. The van der Waals surface area contributed by atoms with Gasteiger partial charge in [0.25, 0.3) is 0 Å². The lowest BCUT2D eigenvalue weighted by molar-refractivity contribution is -0.157. The van der Waals surface area contributed by atoms with Gasteiger partial charge >= 0.3 is 6.18 Å². The highest BCUT2D eigenvalue weighted by atomic mass is 19.4. The van der Waals surface area contributed by atoms with Gasteiger partial charge < -0.3 is 15.3 Å². The number of carbonyl (C=O) groups is 2. The Bertz CT molecular complexity index is 421. The maximum atomic E-state index is 12.3. The van der Waals surface area contributed by atoms with E-state index in [1.165, 1.54) is 0 Å². The summed E-state index contributed by atoms with van der Waals surface area (Å²) in [4.78, 5) is 24.1. The van der Waals surface area contributed by atoms with Crippen molar-refractivity contribution >= 4 is 11.8 Å². The molecule has 2 rings (SSSR count). The molecule has 8 heteroatoms. The highest BCUT2D eigenvalue weighted by Gasteiger charge is 2.44. The van der Waals surface area contributed by atoms with Crippen LogP contribution in [0.4, 0.5) is 13.2 Å². The zero-order valence-electron chi connectivity index (χ0n) is 11.6. The molecule has 2 aliphatic rings. The summed E-state index contributed by atoms with van der Waals surface area (Å²) in [6.07, 6.45) is -2.15. The zero-order valence-corrected chi connectivity index (χ0v) is 11.6. The van der Waals surface area contributed by atoms with Gasteiger partial charge in [0.15, 0.2) is 0 Å². The van der Waals surface area contributed by atoms with Crippen molar-refractivity contribution in [1.82, 2.24) is 10.2 Å². The summed E-state index contributed by atoms with van der Waals surface area (Å²) >= 11 is 0. The summed E-state index contributed by atoms with van der Waals surface area (Å²) in [5, 5.41) is 11.6. The first-order valence-electron chi connectivity index (χ1n) is 6.98. The average Bonchev–Trinajstić information content (AvgIpc) is 3.04. The summed E-state index contributed by atoms with van der Waals surface area (Å²) < 4.78 is 36.9. The van der Waals surface area contributed by atoms with Crippen LogP contribution in [0.1, 0.15) is 25.7 Å². The monoisotopic (exact) mass is 308 g/mol. The third kappa shape index (κ3) is 4.33. The molecule has 0 aromatic rings. The summed E-state index contributed by atoms with van der Waals surface area (Å²) in [6, 6.07) is 0. The highest BCUT2D eigenvalue weighted by molar-refractivity contribution is 5.89. The molecular formula is C13H19F3N2O3. The molecule has 1 unspecified atom stereocenters. The molecule has 120 valence electrons. The smallest absolute Gasteiger partial charge is 0.396 e. The Kier molecular flexibility index (Phi) is 4.46. The van der Waals surface area contributed by atoms with Crippen molar-refractivity contribution in [3.63, 3.8) is 0 Å². The number of carbonyl (C=O) groups excluding carboxylic acids is 2. The van der Waals surface area contributed by atoms with Crippen molar-refractivity contribution in [1.29, 1.82) is 0 Å². The van der Waals surface area contributed by atoms with E-state index in [-0.39, 0.29) is 30.9 Å². The van der Waals surface area contributed by atoms with Crippen molar-refractivity contribution in [2.24, 2.45) is 11.3 Å². The van der Waals surface area contributed by atoms with Crippen LogP contribution in [0.2, 0.25) is 0 Å². The fourth-order valence-electron chi connectivity index (χ4n) is 2.67. The normalized spacial score (nSPS) is 24.3. The molecule has 0 spiro atoms. The number of likely N-dealkylation sites (tertiary alicyclic amines) is 1. The Morgan fingerprint density at radius 1 is 1.43 bits per heavy atom. The molecule has 1 saturated carbocycles.